The molecule has 0 saturated heterocycles. The van der Waals surface area contributed by atoms with E-state index >= 15 is 0 Å². The van der Waals surface area contributed by atoms with Crippen LogP contribution in [0.4, 0.5) is 0 Å². The molecule has 12 nitrogen and oxygen atoms in total. The van der Waals surface area contributed by atoms with Crippen molar-refractivity contribution in [2.45, 2.75) is 51.6 Å². The second-order valence-corrected chi connectivity index (χ2v) is 6.83. The first-order chi connectivity index (χ1) is 15.0. The van der Waals surface area contributed by atoms with Crippen LogP contribution in [-0.2, 0) is 28.8 Å². The van der Waals surface area contributed by atoms with Crippen LogP contribution in [0.25, 0.3) is 0 Å². The van der Waals surface area contributed by atoms with E-state index in [-0.39, 0.29) is 37.2 Å². The van der Waals surface area contributed by atoms with Crippen LogP contribution in [-0.4, -0.2) is 47.7 Å². The summed E-state index contributed by atoms with van der Waals surface area (Å²) in [5.74, 6) is -3.65. The van der Waals surface area contributed by atoms with E-state index in [1.807, 2.05) is 0 Å². The summed E-state index contributed by atoms with van der Waals surface area (Å²) in [6.45, 7) is 2.43. The van der Waals surface area contributed by atoms with Crippen LogP contribution in [0.3, 0.4) is 0 Å². The van der Waals surface area contributed by atoms with E-state index in [2.05, 4.69) is 10.6 Å². The maximum absolute atomic E-state index is 12.3. The van der Waals surface area contributed by atoms with Crippen molar-refractivity contribution in [1.82, 2.24) is 10.6 Å². The molecular weight excluding hydrogens is 424 g/mol. The molecule has 1 aromatic carbocycles. The van der Waals surface area contributed by atoms with Crippen LogP contribution in [0, 0.1) is 0 Å². The van der Waals surface area contributed by atoms with Crippen molar-refractivity contribution in [2.75, 3.05) is 0 Å². The van der Waals surface area contributed by atoms with Gasteiger partial charge >= 0.3 is 11.9 Å². The number of ether oxygens (including phenoxy) is 2. The van der Waals surface area contributed by atoms with Crippen molar-refractivity contribution in [3.63, 3.8) is 0 Å². The first-order valence-electron chi connectivity index (χ1n) is 9.62. The third-order valence-corrected chi connectivity index (χ3v) is 3.94. The zero-order valence-electron chi connectivity index (χ0n) is 17.7. The summed E-state index contributed by atoms with van der Waals surface area (Å²) in [6.07, 6.45) is -0.307. The number of esters is 2. The number of nitrogens with one attached hydrogen (secondary N) is 2. The summed E-state index contributed by atoms with van der Waals surface area (Å²) < 4.78 is 10.4. The Hall–Kier alpha value is -3.96. The molecule has 1 aromatic rings. The Bertz CT molecular complexity index is 798. The monoisotopic (exact) mass is 450 g/mol. The predicted octanol–water partition coefficient (Wildman–Crippen LogP) is -0.962. The number of nitrogens with two attached hydrogens (primary N) is 2. The van der Waals surface area contributed by atoms with E-state index in [9.17, 15) is 28.8 Å². The van der Waals surface area contributed by atoms with Gasteiger partial charge in [0, 0.05) is 26.7 Å². The van der Waals surface area contributed by atoms with Gasteiger partial charge in [-0.3, -0.25) is 19.2 Å². The summed E-state index contributed by atoms with van der Waals surface area (Å²) >= 11 is 0. The van der Waals surface area contributed by atoms with Crippen LogP contribution in [0.1, 0.15) is 39.5 Å². The summed E-state index contributed by atoms with van der Waals surface area (Å²) in [5, 5.41) is 4.77. The van der Waals surface area contributed by atoms with Crippen molar-refractivity contribution in [2.24, 2.45) is 11.5 Å². The summed E-state index contributed by atoms with van der Waals surface area (Å²) in [4.78, 5) is 69.0. The van der Waals surface area contributed by atoms with E-state index in [1.165, 1.54) is 38.1 Å². The van der Waals surface area contributed by atoms with Gasteiger partial charge in [-0.05, 0) is 37.1 Å². The molecule has 4 amide bonds. The van der Waals surface area contributed by atoms with Gasteiger partial charge < -0.3 is 31.6 Å². The number of carbonyl (C=O) groups is 6. The smallest absolute Gasteiger partial charge is 0.334 e. The number of hydrogen-bond donors (Lipinski definition) is 4. The van der Waals surface area contributed by atoms with Gasteiger partial charge in [0.25, 0.3) is 0 Å². The molecule has 0 fully saturated rings. The molecule has 2 atom stereocenters. The standard InChI is InChI=1S/C20H26N4O8/c1-11(25)23-15(7-9-17(21)27)19(29)31-13-3-5-14(6-4-13)32-20(30)16(24-12(2)26)8-10-18(22)28/h3-6,15-16H,7-10H2,1-2H3,(H2,21,27)(H2,22,28)(H,23,25)(H,24,26)/t15-,16-/m0/s1. The highest BCUT2D eigenvalue weighted by molar-refractivity contribution is 5.86. The maximum atomic E-state index is 12.3. The Labute approximate surface area is 184 Å². The molecule has 0 unspecified atom stereocenters. The maximum Gasteiger partial charge on any atom is 0.334 e. The minimum Gasteiger partial charge on any atom is -0.425 e. The van der Waals surface area contributed by atoms with E-state index in [0.29, 0.717) is 0 Å². The fourth-order valence-corrected chi connectivity index (χ4v) is 2.51. The van der Waals surface area contributed by atoms with Crippen LogP contribution in [0.5, 0.6) is 11.5 Å². The van der Waals surface area contributed by atoms with Crippen LogP contribution >= 0.6 is 0 Å². The second-order valence-electron chi connectivity index (χ2n) is 6.83. The predicted molar refractivity (Wildman–Crippen MR) is 110 cm³/mol. The number of carbonyl (C=O) groups excluding carboxylic acids is 6. The first-order valence-corrected chi connectivity index (χ1v) is 9.62. The summed E-state index contributed by atoms with van der Waals surface area (Å²) in [5.41, 5.74) is 10.1. The van der Waals surface area contributed by atoms with Gasteiger partial charge in [0.2, 0.25) is 23.6 Å². The number of benzene rings is 1. The van der Waals surface area contributed by atoms with Crippen LogP contribution in [0.2, 0.25) is 0 Å². The minimum atomic E-state index is -1.07. The van der Waals surface area contributed by atoms with Gasteiger partial charge in [0.05, 0.1) is 0 Å². The lowest BCUT2D eigenvalue weighted by atomic mass is 10.1. The highest BCUT2D eigenvalue weighted by Crippen LogP contribution is 2.19. The molecule has 0 heterocycles. The molecule has 0 radical (unpaired) electrons. The Morgan fingerprint density at radius 1 is 0.719 bits per heavy atom. The molecule has 0 spiro atoms. The lowest BCUT2D eigenvalue weighted by Gasteiger charge is -2.17. The van der Waals surface area contributed by atoms with Crippen LogP contribution in [0.15, 0.2) is 24.3 Å². The Kier molecular flexibility index (Phi) is 10.3. The molecule has 0 aliphatic heterocycles. The van der Waals surface area contributed by atoms with Gasteiger partial charge in [-0.25, -0.2) is 9.59 Å². The van der Waals surface area contributed by atoms with Crippen molar-refractivity contribution in [3.05, 3.63) is 24.3 Å². The van der Waals surface area contributed by atoms with Gasteiger partial charge in [0.1, 0.15) is 23.6 Å². The van der Waals surface area contributed by atoms with E-state index in [4.69, 9.17) is 20.9 Å². The third kappa shape index (κ3) is 10.2. The molecule has 1 rings (SSSR count). The first kappa shape index (κ1) is 26.1. The van der Waals surface area contributed by atoms with E-state index in [0.717, 1.165) is 0 Å². The van der Waals surface area contributed by atoms with Crippen molar-refractivity contribution in [3.8, 4) is 11.5 Å². The molecule has 174 valence electrons. The lowest BCUT2D eigenvalue weighted by Crippen LogP contribution is -2.42. The van der Waals surface area contributed by atoms with Gasteiger partial charge in [-0.1, -0.05) is 0 Å². The number of rotatable bonds is 12. The summed E-state index contributed by atoms with van der Waals surface area (Å²) in [6, 6.07) is 3.24. The number of primary amides is 2. The van der Waals surface area contributed by atoms with Crippen molar-refractivity contribution >= 4 is 35.6 Å². The summed E-state index contributed by atoms with van der Waals surface area (Å²) in [7, 11) is 0. The highest BCUT2D eigenvalue weighted by atomic mass is 16.5. The SMILES string of the molecule is CC(=O)N[C@@H](CCC(N)=O)C(=O)Oc1ccc(OC(=O)[C@H](CCC(N)=O)NC(C)=O)cc1. The highest BCUT2D eigenvalue weighted by Gasteiger charge is 2.24. The quantitative estimate of drug-likeness (QED) is 0.230. The number of hydrogen-bond acceptors (Lipinski definition) is 8. The van der Waals surface area contributed by atoms with Crippen LogP contribution < -0.4 is 31.6 Å². The molecule has 32 heavy (non-hydrogen) atoms. The second kappa shape index (κ2) is 12.7. The lowest BCUT2D eigenvalue weighted by molar-refractivity contribution is -0.140. The van der Waals surface area contributed by atoms with Gasteiger partial charge in [-0.15, -0.1) is 0 Å². The van der Waals surface area contributed by atoms with Crippen molar-refractivity contribution < 1.29 is 38.2 Å². The molecule has 6 N–H and O–H groups in total. The molecule has 12 heteroatoms. The zero-order chi connectivity index (χ0) is 24.3. The molecule has 0 aliphatic carbocycles. The Morgan fingerprint density at radius 3 is 1.28 bits per heavy atom. The molecular formula is C20H26N4O8. The molecule has 0 bridgehead atoms. The molecule has 0 aromatic heterocycles. The normalized spacial score (nSPS) is 12.1. The van der Waals surface area contributed by atoms with E-state index in [1.54, 1.807) is 0 Å². The third-order valence-electron chi connectivity index (χ3n) is 3.94. The Balaban J connectivity index is 2.77. The number of amides is 4. The molecule has 0 saturated carbocycles. The van der Waals surface area contributed by atoms with Gasteiger partial charge in [-0.2, -0.15) is 0 Å². The minimum absolute atomic E-state index is 0.0285. The largest absolute Gasteiger partial charge is 0.425 e. The topological polar surface area (TPSA) is 197 Å². The average Bonchev–Trinajstić information content (AvgIpc) is 2.68. The Morgan fingerprint density at radius 2 is 1.03 bits per heavy atom. The van der Waals surface area contributed by atoms with Gasteiger partial charge in [0.15, 0.2) is 0 Å². The van der Waals surface area contributed by atoms with E-state index < -0.39 is 47.7 Å². The molecule has 0 aliphatic rings. The fourth-order valence-electron chi connectivity index (χ4n) is 2.51. The fraction of sp³-hybridized carbons (Fsp3) is 0.400. The average molecular weight is 450 g/mol. The zero-order valence-corrected chi connectivity index (χ0v) is 17.7. The van der Waals surface area contributed by atoms with Crippen molar-refractivity contribution in [1.29, 1.82) is 0 Å².